The molecule has 0 atom stereocenters. The summed E-state index contributed by atoms with van der Waals surface area (Å²) >= 11 is 0. The molecular formula is C20H20N4O2. The highest BCUT2D eigenvalue weighted by Gasteiger charge is 2.18. The van der Waals surface area contributed by atoms with E-state index < -0.39 is 0 Å². The fraction of sp³-hybridized carbons (Fsp3) is 0.250. The summed E-state index contributed by atoms with van der Waals surface area (Å²) < 4.78 is 7.43. The van der Waals surface area contributed by atoms with E-state index in [2.05, 4.69) is 21.5 Å². The molecule has 6 nitrogen and oxygen atoms in total. The number of amides is 1. The van der Waals surface area contributed by atoms with E-state index in [1.807, 2.05) is 50.6 Å². The van der Waals surface area contributed by atoms with Gasteiger partial charge in [-0.2, -0.15) is 5.10 Å². The predicted octanol–water partition coefficient (Wildman–Crippen LogP) is 2.50. The van der Waals surface area contributed by atoms with Crippen LogP contribution >= 0.6 is 0 Å². The number of ether oxygens (including phenoxy) is 1. The maximum atomic E-state index is 12.2. The SMILES string of the molecule is Cc1cc2c(cc1Cc1ccc(-c3ccn(C)n3)nc1)C(=O)NCCO2. The Kier molecular flexibility index (Phi) is 4.16. The van der Waals surface area contributed by atoms with E-state index in [1.165, 1.54) is 0 Å². The maximum Gasteiger partial charge on any atom is 0.255 e. The fourth-order valence-corrected chi connectivity index (χ4v) is 3.09. The fourth-order valence-electron chi connectivity index (χ4n) is 3.09. The van der Waals surface area contributed by atoms with Gasteiger partial charge in [0.25, 0.3) is 5.91 Å². The van der Waals surface area contributed by atoms with E-state index in [-0.39, 0.29) is 5.91 Å². The van der Waals surface area contributed by atoms with Crippen molar-refractivity contribution < 1.29 is 9.53 Å². The Morgan fingerprint density at radius 3 is 2.85 bits per heavy atom. The molecule has 1 aliphatic rings. The third-order valence-electron chi connectivity index (χ3n) is 4.52. The minimum Gasteiger partial charge on any atom is -0.491 e. The third kappa shape index (κ3) is 3.18. The first-order valence-electron chi connectivity index (χ1n) is 8.59. The highest BCUT2D eigenvalue weighted by atomic mass is 16.5. The standard InChI is InChI=1S/C20H20N4O2/c1-13-9-19-16(20(25)21-6-8-26-19)11-15(13)10-14-3-4-17(22-12-14)18-5-7-24(2)23-18/h3-5,7,9,11-12H,6,8,10H2,1-2H3,(H,21,25). The van der Waals surface area contributed by atoms with Gasteiger partial charge < -0.3 is 10.1 Å². The summed E-state index contributed by atoms with van der Waals surface area (Å²) in [6, 6.07) is 9.85. The van der Waals surface area contributed by atoms with Gasteiger partial charge in [0.05, 0.1) is 17.8 Å². The van der Waals surface area contributed by atoms with Crippen molar-refractivity contribution in [2.45, 2.75) is 13.3 Å². The average molecular weight is 348 g/mol. The van der Waals surface area contributed by atoms with Crippen molar-refractivity contribution in [1.29, 1.82) is 0 Å². The molecule has 0 saturated carbocycles. The molecule has 4 rings (SSSR count). The van der Waals surface area contributed by atoms with Crippen LogP contribution in [-0.4, -0.2) is 33.8 Å². The van der Waals surface area contributed by atoms with Gasteiger partial charge >= 0.3 is 0 Å². The molecule has 1 amide bonds. The Bertz CT molecular complexity index is 960. The van der Waals surface area contributed by atoms with E-state index in [4.69, 9.17) is 4.74 Å². The number of hydrogen-bond acceptors (Lipinski definition) is 4. The number of pyridine rings is 1. The number of aromatic nitrogens is 3. The molecule has 6 heteroatoms. The first kappa shape index (κ1) is 16.3. The molecule has 2 aromatic heterocycles. The molecular weight excluding hydrogens is 328 g/mol. The van der Waals surface area contributed by atoms with Gasteiger partial charge in [-0.3, -0.25) is 14.5 Å². The van der Waals surface area contributed by atoms with E-state index in [9.17, 15) is 4.79 Å². The summed E-state index contributed by atoms with van der Waals surface area (Å²) in [4.78, 5) is 16.7. The molecule has 1 aliphatic heterocycles. The molecule has 0 saturated heterocycles. The monoisotopic (exact) mass is 348 g/mol. The van der Waals surface area contributed by atoms with Gasteiger partial charge in [-0.15, -0.1) is 0 Å². The number of carbonyl (C=O) groups excluding carboxylic acids is 1. The zero-order valence-corrected chi connectivity index (χ0v) is 14.8. The van der Waals surface area contributed by atoms with Crippen molar-refractivity contribution in [2.24, 2.45) is 7.05 Å². The minimum absolute atomic E-state index is 0.0811. The summed E-state index contributed by atoms with van der Waals surface area (Å²) in [6.07, 6.45) is 4.48. The molecule has 0 fully saturated rings. The van der Waals surface area contributed by atoms with Gasteiger partial charge in [0.2, 0.25) is 0 Å². The van der Waals surface area contributed by atoms with Crippen LogP contribution in [0.2, 0.25) is 0 Å². The maximum absolute atomic E-state index is 12.2. The second-order valence-electron chi connectivity index (χ2n) is 6.48. The molecule has 0 bridgehead atoms. The van der Waals surface area contributed by atoms with Crippen LogP contribution in [0.4, 0.5) is 0 Å². The minimum atomic E-state index is -0.0811. The van der Waals surface area contributed by atoms with Crippen LogP contribution in [0.25, 0.3) is 11.4 Å². The highest BCUT2D eigenvalue weighted by Crippen LogP contribution is 2.26. The number of nitrogens with zero attached hydrogens (tertiary/aromatic N) is 3. The molecule has 0 aliphatic carbocycles. The molecule has 0 radical (unpaired) electrons. The first-order valence-corrected chi connectivity index (χ1v) is 8.59. The van der Waals surface area contributed by atoms with E-state index in [0.29, 0.717) is 30.9 Å². The summed E-state index contributed by atoms with van der Waals surface area (Å²) in [7, 11) is 1.89. The van der Waals surface area contributed by atoms with Crippen molar-refractivity contribution >= 4 is 5.91 Å². The van der Waals surface area contributed by atoms with Crippen LogP contribution in [0.1, 0.15) is 27.0 Å². The lowest BCUT2D eigenvalue weighted by Gasteiger charge is -2.12. The van der Waals surface area contributed by atoms with Crippen molar-refractivity contribution in [3.05, 3.63) is 65.0 Å². The van der Waals surface area contributed by atoms with E-state index in [0.717, 1.165) is 28.1 Å². The van der Waals surface area contributed by atoms with E-state index in [1.54, 1.807) is 4.68 Å². The number of benzene rings is 1. The lowest BCUT2D eigenvalue weighted by Crippen LogP contribution is -2.24. The van der Waals surface area contributed by atoms with Crippen LogP contribution in [-0.2, 0) is 13.5 Å². The Morgan fingerprint density at radius 1 is 1.23 bits per heavy atom. The van der Waals surface area contributed by atoms with Crippen molar-refractivity contribution in [2.75, 3.05) is 13.2 Å². The summed E-state index contributed by atoms with van der Waals surface area (Å²) in [5, 5.41) is 7.22. The van der Waals surface area contributed by atoms with Gasteiger partial charge in [0, 0.05) is 19.4 Å². The van der Waals surface area contributed by atoms with Gasteiger partial charge in [0.15, 0.2) is 0 Å². The zero-order valence-electron chi connectivity index (χ0n) is 14.8. The number of hydrogen-bond donors (Lipinski definition) is 1. The predicted molar refractivity (Wildman–Crippen MR) is 98.3 cm³/mol. The number of nitrogens with one attached hydrogen (secondary N) is 1. The molecule has 0 spiro atoms. The zero-order chi connectivity index (χ0) is 18.1. The van der Waals surface area contributed by atoms with Gasteiger partial charge in [-0.1, -0.05) is 6.07 Å². The molecule has 132 valence electrons. The van der Waals surface area contributed by atoms with Gasteiger partial charge in [-0.05, 0) is 54.3 Å². The molecule has 0 unspecified atom stereocenters. The lowest BCUT2D eigenvalue weighted by molar-refractivity contribution is 0.0957. The van der Waals surface area contributed by atoms with Crippen LogP contribution in [0.3, 0.4) is 0 Å². The quantitative estimate of drug-likeness (QED) is 0.790. The largest absolute Gasteiger partial charge is 0.491 e. The van der Waals surface area contributed by atoms with E-state index >= 15 is 0 Å². The van der Waals surface area contributed by atoms with Gasteiger partial charge in [-0.25, -0.2) is 0 Å². The lowest BCUT2D eigenvalue weighted by atomic mass is 9.98. The molecule has 3 aromatic rings. The summed E-state index contributed by atoms with van der Waals surface area (Å²) in [5.74, 6) is 0.576. The Morgan fingerprint density at radius 2 is 2.12 bits per heavy atom. The van der Waals surface area contributed by atoms with Crippen molar-refractivity contribution in [3.8, 4) is 17.1 Å². The Balaban J connectivity index is 1.60. The van der Waals surface area contributed by atoms with Crippen LogP contribution in [0, 0.1) is 6.92 Å². The summed E-state index contributed by atoms with van der Waals surface area (Å²) in [5.41, 5.74) is 5.59. The van der Waals surface area contributed by atoms with Crippen molar-refractivity contribution in [1.82, 2.24) is 20.1 Å². The first-order chi connectivity index (χ1) is 12.6. The smallest absolute Gasteiger partial charge is 0.255 e. The second-order valence-corrected chi connectivity index (χ2v) is 6.48. The normalized spacial score (nSPS) is 13.5. The number of rotatable bonds is 3. The third-order valence-corrected chi connectivity index (χ3v) is 4.52. The van der Waals surface area contributed by atoms with Crippen molar-refractivity contribution in [3.63, 3.8) is 0 Å². The Hall–Kier alpha value is -3.15. The highest BCUT2D eigenvalue weighted by molar-refractivity contribution is 5.97. The number of aryl methyl sites for hydroxylation is 2. The average Bonchev–Trinajstić information content (AvgIpc) is 2.99. The topological polar surface area (TPSA) is 69.0 Å². The number of fused-ring (bicyclic) bond motifs is 1. The van der Waals surface area contributed by atoms with Gasteiger partial charge in [0.1, 0.15) is 18.1 Å². The van der Waals surface area contributed by atoms with Crippen LogP contribution in [0.15, 0.2) is 42.7 Å². The second kappa shape index (κ2) is 6.63. The summed E-state index contributed by atoms with van der Waals surface area (Å²) in [6.45, 7) is 3.06. The Labute approximate surface area is 151 Å². The van der Waals surface area contributed by atoms with Crippen LogP contribution in [0.5, 0.6) is 5.75 Å². The molecule has 3 heterocycles. The molecule has 1 N–H and O–H groups in total. The molecule has 26 heavy (non-hydrogen) atoms. The van der Waals surface area contributed by atoms with Crippen LogP contribution < -0.4 is 10.1 Å². The number of carbonyl (C=O) groups is 1. The molecule has 1 aromatic carbocycles.